The zero-order valence-electron chi connectivity index (χ0n) is 11.4. The van der Waals surface area contributed by atoms with Gasteiger partial charge in [0.1, 0.15) is 0 Å². The van der Waals surface area contributed by atoms with Crippen molar-refractivity contribution in [1.82, 2.24) is 4.90 Å². The van der Waals surface area contributed by atoms with Crippen LogP contribution in [0.5, 0.6) is 0 Å². The Morgan fingerprint density at radius 2 is 1.82 bits per heavy atom. The van der Waals surface area contributed by atoms with Crippen LogP contribution in [0.3, 0.4) is 0 Å². The molecule has 0 aliphatic carbocycles. The summed E-state index contributed by atoms with van der Waals surface area (Å²) in [6, 6.07) is 9.14. The largest absolute Gasteiger partial charge is 0.328 e. The zero-order chi connectivity index (χ0) is 12.7. The lowest BCUT2D eigenvalue weighted by atomic mass is 10.1. The summed E-state index contributed by atoms with van der Waals surface area (Å²) < 4.78 is 0. The van der Waals surface area contributed by atoms with E-state index in [1.807, 2.05) is 0 Å². The highest BCUT2D eigenvalue weighted by Crippen LogP contribution is 2.07. The fourth-order valence-corrected chi connectivity index (χ4v) is 1.93. The van der Waals surface area contributed by atoms with E-state index in [1.54, 1.807) is 0 Å². The number of hydrogen-bond donors (Lipinski definition) is 1. The quantitative estimate of drug-likeness (QED) is 0.735. The van der Waals surface area contributed by atoms with Crippen LogP contribution in [-0.2, 0) is 6.54 Å². The summed E-state index contributed by atoms with van der Waals surface area (Å²) in [7, 11) is 2.19. The van der Waals surface area contributed by atoms with Gasteiger partial charge in [-0.1, -0.05) is 36.2 Å². The van der Waals surface area contributed by atoms with Gasteiger partial charge in [-0.05, 0) is 45.8 Å². The van der Waals surface area contributed by atoms with E-state index in [0.717, 1.165) is 19.5 Å². The van der Waals surface area contributed by atoms with Crippen LogP contribution in [0.2, 0.25) is 0 Å². The SMILES string of the molecule is Cc1ccc(CN(C)CCCCC(C)N)cc1. The lowest BCUT2D eigenvalue weighted by molar-refractivity contribution is 0.316. The van der Waals surface area contributed by atoms with Crippen molar-refractivity contribution in [2.45, 2.75) is 45.7 Å². The van der Waals surface area contributed by atoms with E-state index in [-0.39, 0.29) is 0 Å². The van der Waals surface area contributed by atoms with E-state index in [9.17, 15) is 0 Å². The molecule has 0 heterocycles. The van der Waals surface area contributed by atoms with Crippen molar-refractivity contribution < 1.29 is 0 Å². The summed E-state index contributed by atoms with van der Waals surface area (Å²) >= 11 is 0. The third-order valence-corrected chi connectivity index (χ3v) is 3.02. The highest BCUT2D eigenvalue weighted by molar-refractivity contribution is 5.21. The topological polar surface area (TPSA) is 29.3 Å². The molecule has 0 saturated heterocycles. The first kappa shape index (κ1) is 14.2. The molecule has 0 aliphatic rings. The first-order valence-corrected chi connectivity index (χ1v) is 6.57. The van der Waals surface area contributed by atoms with Crippen LogP contribution in [0.25, 0.3) is 0 Å². The van der Waals surface area contributed by atoms with Gasteiger partial charge >= 0.3 is 0 Å². The Morgan fingerprint density at radius 1 is 1.18 bits per heavy atom. The standard InChI is InChI=1S/C15H26N2/c1-13-7-9-15(10-8-13)12-17(3)11-5-4-6-14(2)16/h7-10,14H,4-6,11-12,16H2,1-3H3. The molecular formula is C15H26N2. The molecule has 2 N–H and O–H groups in total. The first-order valence-electron chi connectivity index (χ1n) is 6.57. The van der Waals surface area contributed by atoms with Gasteiger partial charge in [-0.15, -0.1) is 0 Å². The van der Waals surface area contributed by atoms with Crippen LogP contribution in [0, 0.1) is 6.92 Å². The molecule has 1 unspecified atom stereocenters. The molecule has 0 aromatic heterocycles. The number of nitrogens with zero attached hydrogens (tertiary/aromatic N) is 1. The van der Waals surface area contributed by atoms with Crippen LogP contribution in [0.4, 0.5) is 0 Å². The molecule has 1 aromatic carbocycles. The minimum atomic E-state index is 0.345. The van der Waals surface area contributed by atoms with E-state index >= 15 is 0 Å². The molecule has 1 aromatic rings. The van der Waals surface area contributed by atoms with Crippen molar-refractivity contribution in [2.24, 2.45) is 5.73 Å². The van der Waals surface area contributed by atoms with Crippen LogP contribution in [0.1, 0.15) is 37.3 Å². The Morgan fingerprint density at radius 3 is 2.41 bits per heavy atom. The van der Waals surface area contributed by atoms with Crippen molar-refractivity contribution in [3.8, 4) is 0 Å². The molecule has 2 heteroatoms. The summed E-state index contributed by atoms with van der Waals surface area (Å²) in [5.41, 5.74) is 8.45. The highest BCUT2D eigenvalue weighted by Gasteiger charge is 2.01. The summed E-state index contributed by atoms with van der Waals surface area (Å²) in [6.07, 6.45) is 3.61. The summed E-state index contributed by atoms with van der Waals surface area (Å²) in [5, 5.41) is 0. The number of aryl methyl sites for hydroxylation is 1. The first-order chi connectivity index (χ1) is 8.08. The molecule has 1 rings (SSSR count). The van der Waals surface area contributed by atoms with Gasteiger partial charge in [-0.2, -0.15) is 0 Å². The van der Waals surface area contributed by atoms with Crippen LogP contribution >= 0.6 is 0 Å². The van der Waals surface area contributed by atoms with Gasteiger partial charge < -0.3 is 10.6 Å². The monoisotopic (exact) mass is 234 g/mol. The minimum Gasteiger partial charge on any atom is -0.328 e. The van der Waals surface area contributed by atoms with E-state index in [4.69, 9.17) is 5.73 Å². The summed E-state index contributed by atoms with van der Waals surface area (Å²) in [4.78, 5) is 2.38. The molecule has 96 valence electrons. The molecule has 1 atom stereocenters. The van der Waals surface area contributed by atoms with Gasteiger partial charge in [-0.3, -0.25) is 0 Å². The maximum Gasteiger partial charge on any atom is 0.0230 e. The van der Waals surface area contributed by atoms with Gasteiger partial charge in [0, 0.05) is 12.6 Å². The number of unbranched alkanes of at least 4 members (excludes halogenated alkanes) is 1. The summed E-state index contributed by atoms with van der Waals surface area (Å²) in [6.45, 7) is 6.40. The van der Waals surface area contributed by atoms with E-state index in [2.05, 4.69) is 50.1 Å². The Bertz CT molecular complexity index is 303. The summed E-state index contributed by atoms with van der Waals surface area (Å²) in [5.74, 6) is 0. The molecule has 0 radical (unpaired) electrons. The van der Waals surface area contributed by atoms with Crippen molar-refractivity contribution in [1.29, 1.82) is 0 Å². The van der Waals surface area contributed by atoms with Gasteiger partial charge in [0.05, 0.1) is 0 Å². The van der Waals surface area contributed by atoms with E-state index in [1.165, 1.54) is 24.0 Å². The second-order valence-electron chi connectivity index (χ2n) is 5.20. The van der Waals surface area contributed by atoms with Crippen molar-refractivity contribution in [3.63, 3.8) is 0 Å². The lowest BCUT2D eigenvalue weighted by Crippen LogP contribution is -2.20. The second kappa shape index (κ2) is 7.46. The number of benzene rings is 1. The predicted octanol–water partition coefficient (Wildman–Crippen LogP) is 2.94. The third-order valence-electron chi connectivity index (χ3n) is 3.02. The van der Waals surface area contributed by atoms with E-state index < -0.39 is 0 Å². The van der Waals surface area contributed by atoms with Crippen LogP contribution in [0.15, 0.2) is 24.3 Å². The Kier molecular flexibility index (Phi) is 6.23. The van der Waals surface area contributed by atoms with Crippen molar-refractivity contribution in [3.05, 3.63) is 35.4 Å². The molecule has 17 heavy (non-hydrogen) atoms. The Labute approximate surface area is 106 Å². The number of nitrogens with two attached hydrogens (primary N) is 1. The molecule has 0 spiro atoms. The van der Waals surface area contributed by atoms with Gasteiger partial charge in [0.2, 0.25) is 0 Å². The molecule has 0 fully saturated rings. The van der Waals surface area contributed by atoms with Crippen LogP contribution < -0.4 is 5.73 Å². The van der Waals surface area contributed by atoms with Crippen LogP contribution in [-0.4, -0.2) is 24.5 Å². The molecule has 0 saturated carbocycles. The molecule has 2 nitrogen and oxygen atoms in total. The molecule has 0 aliphatic heterocycles. The fraction of sp³-hybridized carbons (Fsp3) is 0.600. The van der Waals surface area contributed by atoms with Gasteiger partial charge in [0.15, 0.2) is 0 Å². The number of hydrogen-bond acceptors (Lipinski definition) is 2. The fourth-order valence-electron chi connectivity index (χ4n) is 1.93. The highest BCUT2D eigenvalue weighted by atomic mass is 15.1. The lowest BCUT2D eigenvalue weighted by Gasteiger charge is -2.17. The Balaban J connectivity index is 2.20. The second-order valence-corrected chi connectivity index (χ2v) is 5.20. The van der Waals surface area contributed by atoms with Gasteiger partial charge in [-0.25, -0.2) is 0 Å². The minimum absolute atomic E-state index is 0.345. The molecular weight excluding hydrogens is 208 g/mol. The maximum absolute atomic E-state index is 5.73. The maximum atomic E-state index is 5.73. The van der Waals surface area contributed by atoms with Crippen molar-refractivity contribution >= 4 is 0 Å². The third kappa shape index (κ3) is 6.44. The normalized spacial score (nSPS) is 13.0. The van der Waals surface area contributed by atoms with Gasteiger partial charge in [0.25, 0.3) is 0 Å². The van der Waals surface area contributed by atoms with E-state index in [0.29, 0.717) is 6.04 Å². The molecule has 0 amide bonds. The average molecular weight is 234 g/mol. The Hall–Kier alpha value is -0.860. The number of rotatable bonds is 7. The average Bonchev–Trinajstić information content (AvgIpc) is 2.27. The van der Waals surface area contributed by atoms with Crippen molar-refractivity contribution in [2.75, 3.05) is 13.6 Å². The zero-order valence-corrected chi connectivity index (χ0v) is 11.4. The predicted molar refractivity (Wildman–Crippen MR) is 75.0 cm³/mol. The molecule has 0 bridgehead atoms. The smallest absolute Gasteiger partial charge is 0.0230 e.